The Balaban J connectivity index is 1.26. The van der Waals surface area contributed by atoms with E-state index in [1.165, 1.54) is 17.8 Å². The van der Waals surface area contributed by atoms with E-state index in [2.05, 4.69) is 15.2 Å². The lowest BCUT2D eigenvalue weighted by molar-refractivity contribution is -0.0650. The molecule has 1 aromatic carbocycles. The second-order valence-electron chi connectivity index (χ2n) is 10.5. The third kappa shape index (κ3) is 5.31. The summed E-state index contributed by atoms with van der Waals surface area (Å²) in [5, 5.41) is 2.78. The number of ether oxygens (including phenoxy) is 3. The minimum Gasteiger partial charge on any atom is -0.483 e. The Hall–Kier alpha value is -2.56. The number of benzene rings is 1. The van der Waals surface area contributed by atoms with Gasteiger partial charge in [-0.2, -0.15) is 0 Å². The number of likely N-dealkylation sites (tertiary alicyclic amines) is 1. The fourth-order valence-electron chi connectivity index (χ4n) is 5.85. The van der Waals surface area contributed by atoms with E-state index >= 15 is 4.39 Å². The maximum Gasteiger partial charge on any atom is 0.254 e. The van der Waals surface area contributed by atoms with Crippen LogP contribution in [0.4, 0.5) is 4.39 Å². The number of thioether (sulfide) groups is 1. The molecule has 1 amide bonds. The lowest BCUT2D eigenvalue weighted by Crippen LogP contribution is -2.57. The molecule has 0 spiro atoms. The minimum absolute atomic E-state index is 0.0358. The molecule has 2 aromatic rings. The van der Waals surface area contributed by atoms with Crippen molar-refractivity contribution in [1.82, 2.24) is 15.2 Å². The van der Waals surface area contributed by atoms with E-state index in [-0.39, 0.29) is 29.5 Å². The number of rotatable bonds is 7. The number of hydrogen-bond acceptors (Lipinski definition) is 7. The molecule has 1 aromatic heterocycles. The molecule has 2 aliphatic heterocycles. The van der Waals surface area contributed by atoms with Crippen LogP contribution in [0.3, 0.4) is 0 Å². The van der Waals surface area contributed by atoms with Crippen LogP contribution >= 0.6 is 11.8 Å². The van der Waals surface area contributed by atoms with Gasteiger partial charge in [0.15, 0.2) is 17.3 Å². The van der Waals surface area contributed by atoms with Gasteiger partial charge in [0.25, 0.3) is 11.5 Å². The van der Waals surface area contributed by atoms with Crippen LogP contribution in [-0.4, -0.2) is 67.1 Å². The fraction of sp³-hybridized carbons (Fsp3) is 0.571. The molecule has 1 saturated carbocycles. The second kappa shape index (κ2) is 11.3. The number of aromatic nitrogens is 1. The van der Waals surface area contributed by atoms with Crippen LogP contribution in [-0.2, 0) is 11.3 Å². The number of amides is 1. The molecule has 206 valence electrons. The van der Waals surface area contributed by atoms with Crippen molar-refractivity contribution in [2.75, 3.05) is 33.1 Å². The smallest absolute Gasteiger partial charge is 0.254 e. The number of aryl methyl sites for hydroxylation is 1. The van der Waals surface area contributed by atoms with Crippen molar-refractivity contribution in [3.63, 3.8) is 0 Å². The number of nitrogens with one attached hydrogen (secondary N) is 2. The van der Waals surface area contributed by atoms with Crippen molar-refractivity contribution in [2.24, 2.45) is 5.92 Å². The quantitative estimate of drug-likeness (QED) is 0.511. The molecular formula is C28H36FN3O5S. The lowest BCUT2D eigenvalue weighted by Gasteiger charge is -2.46. The first kappa shape index (κ1) is 27.0. The molecule has 8 nitrogen and oxygen atoms in total. The molecule has 0 radical (unpaired) electrons. The summed E-state index contributed by atoms with van der Waals surface area (Å²) in [5.74, 6) is -0.406. The Morgan fingerprint density at radius 2 is 1.95 bits per heavy atom. The summed E-state index contributed by atoms with van der Waals surface area (Å²) in [4.78, 5) is 31.6. The van der Waals surface area contributed by atoms with Crippen molar-refractivity contribution in [3.8, 4) is 11.5 Å². The topological polar surface area (TPSA) is 92.9 Å². The molecule has 38 heavy (non-hydrogen) atoms. The number of hydrogen-bond donors (Lipinski definition) is 2. The third-order valence-corrected chi connectivity index (χ3v) is 9.02. The first-order chi connectivity index (χ1) is 18.3. The van der Waals surface area contributed by atoms with Crippen LogP contribution < -0.4 is 20.3 Å². The molecule has 1 atom stereocenters. The Morgan fingerprint density at radius 3 is 2.63 bits per heavy atom. The molecule has 1 saturated heterocycles. The van der Waals surface area contributed by atoms with Gasteiger partial charge in [0, 0.05) is 60.1 Å². The largest absolute Gasteiger partial charge is 0.483 e. The zero-order chi connectivity index (χ0) is 27.0. The highest BCUT2D eigenvalue weighted by Gasteiger charge is 2.39. The summed E-state index contributed by atoms with van der Waals surface area (Å²) in [5.41, 5.74) is 1.69. The maximum atomic E-state index is 15.0. The number of carbonyl (C=O) groups excluding carboxylic acids is 1. The Morgan fingerprint density at radius 1 is 1.21 bits per heavy atom. The van der Waals surface area contributed by atoms with E-state index in [4.69, 9.17) is 14.2 Å². The predicted octanol–water partition coefficient (Wildman–Crippen LogP) is 3.81. The van der Waals surface area contributed by atoms with E-state index in [1.54, 1.807) is 14.0 Å². The SMILES string of the molecule is COC1CN([C@H]2CC[C@@H]([C@H]3COc4c(F)cc(C(=O)NCc5c(SC)cc(C)[nH]c5=O)c(C)c4O3)CC2)C1. The van der Waals surface area contributed by atoms with Crippen LogP contribution in [0.5, 0.6) is 11.5 Å². The molecule has 0 unspecified atom stereocenters. The van der Waals surface area contributed by atoms with Crippen LogP contribution in [0, 0.1) is 25.6 Å². The van der Waals surface area contributed by atoms with Gasteiger partial charge in [-0.1, -0.05) is 0 Å². The fourth-order valence-corrected chi connectivity index (χ4v) is 6.56. The summed E-state index contributed by atoms with van der Waals surface area (Å²) in [6, 6.07) is 3.64. The average molecular weight is 546 g/mol. The monoisotopic (exact) mass is 545 g/mol. The Labute approximate surface area is 226 Å². The maximum absolute atomic E-state index is 15.0. The van der Waals surface area contributed by atoms with Crippen molar-refractivity contribution < 1.29 is 23.4 Å². The number of fused-ring (bicyclic) bond motifs is 1. The molecule has 5 rings (SSSR count). The molecular weight excluding hydrogens is 509 g/mol. The van der Waals surface area contributed by atoms with E-state index in [9.17, 15) is 9.59 Å². The highest BCUT2D eigenvalue weighted by atomic mass is 32.2. The summed E-state index contributed by atoms with van der Waals surface area (Å²) >= 11 is 1.44. The molecule has 3 aliphatic rings. The van der Waals surface area contributed by atoms with Gasteiger partial charge in [-0.05, 0) is 63.8 Å². The van der Waals surface area contributed by atoms with Crippen LogP contribution in [0.1, 0.15) is 52.9 Å². The van der Waals surface area contributed by atoms with Crippen LogP contribution in [0.15, 0.2) is 21.8 Å². The summed E-state index contributed by atoms with van der Waals surface area (Å²) < 4.78 is 32.6. The third-order valence-electron chi connectivity index (χ3n) is 8.21. The van der Waals surface area contributed by atoms with E-state index in [1.807, 2.05) is 19.2 Å². The molecule has 0 bridgehead atoms. The zero-order valence-electron chi connectivity index (χ0n) is 22.4. The molecule has 2 fully saturated rings. The van der Waals surface area contributed by atoms with Crippen LogP contribution in [0.2, 0.25) is 0 Å². The summed E-state index contributed by atoms with van der Waals surface area (Å²) in [6.45, 7) is 5.90. The highest BCUT2D eigenvalue weighted by Crippen LogP contribution is 2.42. The van der Waals surface area contributed by atoms with E-state index < -0.39 is 11.7 Å². The Bertz CT molecular complexity index is 1250. The van der Waals surface area contributed by atoms with Gasteiger partial charge in [0.2, 0.25) is 0 Å². The summed E-state index contributed by atoms with van der Waals surface area (Å²) in [6.07, 6.45) is 6.29. The number of aromatic amines is 1. The second-order valence-corrected chi connectivity index (χ2v) is 11.4. The number of pyridine rings is 1. The number of methoxy groups -OCH3 is 1. The van der Waals surface area contributed by atoms with Gasteiger partial charge in [-0.3, -0.25) is 14.5 Å². The van der Waals surface area contributed by atoms with Gasteiger partial charge in [-0.15, -0.1) is 11.8 Å². The average Bonchev–Trinajstić information content (AvgIpc) is 2.89. The minimum atomic E-state index is -0.624. The van der Waals surface area contributed by atoms with Gasteiger partial charge >= 0.3 is 0 Å². The standard InChI is InChI=1S/C28H36FN3O5S/c1-15-9-24(38-4)21(28(34)31-15)11-30-27(33)20-10-22(29)26-25(16(20)2)37-23(14-36-26)17-5-7-18(8-6-17)32-12-19(13-32)35-3/h9-10,17-19,23H,5-8,11-14H2,1-4H3,(H,30,33)(H,31,34)/t17-,18+,23-/m1/s1. The Kier molecular flexibility index (Phi) is 8.02. The van der Waals surface area contributed by atoms with Gasteiger partial charge in [0.1, 0.15) is 12.7 Å². The van der Waals surface area contributed by atoms with Crippen molar-refractivity contribution in [2.45, 2.75) is 69.2 Å². The molecule has 1 aliphatic carbocycles. The van der Waals surface area contributed by atoms with E-state index in [0.29, 0.717) is 41.5 Å². The van der Waals surface area contributed by atoms with Crippen molar-refractivity contribution >= 4 is 17.7 Å². The number of halogens is 1. The van der Waals surface area contributed by atoms with Crippen molar-refractivity contribution in [1.29, 1.82) is 0 Å². The first-order valence-corrected chi connectivity index (χ1v) is 14.5. The first-order valence-electron chi connectivity index (χ1n) is 13.2. The lowest BCUT2D eigenvalue weighted by atomic mass is 9.81. The zero-order valence-corrected chi connectivity index (χ0v) is 23.2. The molecule has 3 heterocycles. The predicted molar refractivity (Wildman–Crippen MR) is 144 cm³/mol. The number of nitrogens with zero attached hydrogens (tertiary/aromatic N) is 1. The van der Waals surface area contributed by atoms with Gasteiger partial charge < -0.3 is 24.5 Å². The molecule has 10 heteroatoms. The van der Waals surface area contributed by atoms with E-state index in [0.717, 1.165) is 49.4 Å². The van der Waals surface area contributed by atoms with Crippen molar-refractivity contribution in [3.05, 3.63) is 50.7 Å². The summed E-state index contributed by atoms with van der Waals surface area (Å²) in [7, 11) is 1.77. The van der Waals surface area contributed by atoms with Gasteiger partial charge in [0.05, 0.1) is 6.10 Å². The van der Waals surface area contributed by atoms with Gasteiger partial charge in [-0.25, -0.2) is 4.39 Å². The normalized spacial score (nSPS) is 23.7. The highest BCUT2D eigenvalue weighted by molar-refractivity contribution is 7.98. The number of carbonyl (C=O) groups is 1. The number of H-pyrrole nitrogens is 1. The van der Waals surface area contributed by atoms with Crippen LogP contribution in [0.25, 0.3) is 0 Å². The molecule has 2 N–H and O–H groups in total.